The van der Waals surface area contributed by atoms with Crippen molar-refractivity contribution in [2.24, 2.45) is 5.10 Å². The van der Waals surface area contributed by atoms with Gasteiger partial charge in [-0.2, -0.15) is 5.10 Å². The second-order valence-corrected chi connectivity index (χ2v) is 6.76. The fraction of sp³-hybridized carbons (Fsp3) is 0.250. The van der Waals surface area contributed by atoms with Crippen molar-refractivity contribution in [2.45, 2.75) is 25.8 Å². The lowest BCUT2D eigenvalue weighted by molar-refractivity contribution is -0.384. The maximum atomic E-state index is 13.0. The van der Waals surface area contributed by atoms with Crippen LogP contribution < -0.4 is 4.90 Å². The molecule has 0 saturated carbocycles. The minimum atomic E-state index is -0.441. The van der Waals surface area contributed by atoms with Crippen LogP contribution in [-0.2, 0) is 22.6 Å². The van der Waals surface area contributed by atoms with Crippen LogP contribution in [0.15, 0.2) is 53.6 Å². The zero-order valence-corrected chi connectivity index (χ0v) is 15.1. The van der Waals surface area contributed by atoms with Gasteiger partial charge in [-0.15, -0.1) is 0 Å². The van der Waals surface area contributed by atoms with Gasteiger partial charge in [0.05, 0.1) is 11.5 Å². The summed E-state index contributed by atoms with van der Waals surface area (Å²) in [5, 5.41) is 16.6. The molecule has 2 amide bonds. The molecule has 2 aromatic carbocycles. The Balaban J connectivity index is 1.56. The molecule has 8 heteroatoms. The number of rotatable bonds is 4. The molecular formula is C20H18N4O4. The topological polar surface area (TPSA) is 96.1 Å². The van der Waals surface area contributed by atoms with Gasteiger partial charge in [0, 0.05) is 37.2 Å². The van der Waals surface area contributed by atoms with Crippen molar-refractivity contribution < 1.29 is 14.5 Å². The quantitative estimate of drug-likeness (QED) is 0.603. The number of nitro benzene ring substituents is 1. The third-order valence-electron chi connectivity index (χ3n) is 4.94. The van der Waals surface area contributed by atoms with Gasteiger partial charge in [0.15, 0.2) is 0 Å². The van der Waals surface area contributed by atoms with Gasteiger partial charge < -0.3 is 4.90 Å². The molecule has 2 aliphatic heterocycles. The van der Waals surface area contributed by atoms with Gasteiger partial charge in [-0.3, -0.25) is 19.7 Å². The van der Waals surface area contributed by atoms with Gasteiger partial charge in [0.25, 0.3) is 11.6 Å². The van der Waals surface area contributed by atoms with Crippen LogP contribution in [0.5, 0.6) is 0 Å². The maximum absolute atomic E-state index is 13.0. The van der Waals surface area contributed by atoms with Crippen LogP contribution >= 0.6 is 0 Å². The summed E-state index contributed by atoms with van der Waals surface area (Å²) in [7, 11) is 0. The summed E-state index contributed by atoms with van der Waals surface area (Å²) in [6.45, 7) is 0.764. The van der Waals surface area contributed by atoms with Crippen molar-refractivity contribution in [3.05, 3.63) is 69.8 Å². The standard InChI is InChI=1S/C20H18N4O4/c25-19-9-7-17(21-23(19)13-14-4-2-1-3-5-14)20(26)22-11-10-15-12-16(24(27)28)6-8-18(15)22/h1-6,8,12H,7,9-11,13H2. The first-order valence-corrected chi connectivity index (χ1v) is 9.04. The molecule has 0 aromatic heterocycles. The summed E-state index contributed by atoms with van der Waals surface area (Å²) in [5.74, 6) is -0.365. The molecule has 0 N–H and O–H groups in total. The molecule has 0 fully saturated rings. The van der Waals surface area contributed by atoms with Crippen molar-refractivity contribution >= 4 is 28.9 Å². The average molecular weight is 378 g/mol. The highest BCUT2D eigenvalue weighted by Crippen LogP contribution is 2.32. The number of benzene rings is 2. The van der Waals surface area contributed by atoms with Crippen molar-refractivity contribution in [3.8, 4) is 0 Å². The Labute approximate surface area is 161 Å². The minimum Gasteiger partial charge on any atom is -0.307 e. The molecule has 0 radical (unpaired) electrons. The number of nitro groups is 1. The summed E-state index contributed by atoms with van der Waals surface area (Å²) >= 11 is 0. The van der Waals surface area contributed by atoms with Gasteiger partial charge in [-0.25, -0.2) is 5.01 Å². The number of nitrogens with zero attached hydrogens (tertiary/aromatic N) is 4. The average Bonchev–Trinajstić information content (AvgIpc) is 3.13. The predicted octanol–water partition coefficient (Wildman–Crippen LogP) is 2.66. The molecule has 2 aliphatic rings. The molecule has 8 nitrogen and oxygen atoms in total. The summed E-state index contributed by atoms with van der Waals surface area (Å²) < 4.78 is 0. The van der Waals surface area contributed by atoms with Crippen LogP contribution in [0, 0.1) is 10.1 Å². The molecule has 2 aromatic rings. The van der Waals surface area contributed by atoms with Crippen LogP contribution in [0.1, 0.15) is 24.0 Å². The highest BCUT2D eigenvalue weighted by atomic mass is 16.6. The van der Waals surface area contributed by atoms with Crippen LogP contribution in [0.2, 0.25) is 0 Å². The smallest absolute Gasteiger partial charge is 0.274 e. The van der Waals surface area contributed by atoms with Crippen LogP contribution in [0.25, 0.3) is 0 Å². The van der Waals surface area contributed by atoms with Gasteiger partial charge in [0.1, 0.15) is 5.71 Å². The van der Waals surface area contributed by atoms with Crippen molar-refractivity contribution in [1.82, 2.24) is 5.01 Å². The Morgan fingerprint density at radius 3 is 2.64 bits per heavy atom. The number of fused-ring (bicyclic) bond motifs is 1. The lowest BCUT2D eigenvalue weighted by Crippen LogP contribution is -2.40. The highest BCUT2D eigenvalue weighted by Gasteiger charge is 2.32. The monoisotopic (exact) mass is 378 g/mol. The van der Waals surface area contributed by atoms with Crippen LogP contribution in [-0.4, -0.2) is 34.0 Å². The Kier molecular flexibility index (Phi) is 4.60. The molecule has 4 rings (SSSR count). The number of non-ortho nitro benzene ring substituents is 1. The SMILES string of the molecule is O=C1CCC(C(=O)N2CCc3cc([N+](=O)[O-])ccc32)=NN1Cc1ccccc1. The van der Waals surface area contributed by atoms with Gasteiger partial charge in [-0.1, -0.05) is 30.3 Å². The van der Waals surface area contributed by atoms with Gasteiger partial charge >= 0.3 is 0 Å². The Bertz CT molecular complexity index is 987. The number of carbonyl (C=O) groups excluding carboxylic acids is 2. The number of hydrazone groups is 1. The van der Waals surface area contributed by atoms with E-state index in [1.807, 2.05) is 30.3 Å². The van der Waals surface area contributed by atoms with E-state index in [-0.39, 0.29) is 23.9 Å². The lowest BCUT2D eigenvalue weighted by atomic mass is 10.1. The summed E-state index contributed by atoms with van der Waals surface area (Å²) in [6, 6.07) is 14.0. The van der Waals surface area contributed by atoms with Gasteiger partial charge in [0.2, 0.25) is 5.91 Å². The van der Waals surface area contributed by atoms with Crippen molar-refractivity contribution in [2.75, 3.05) is 11.4 Å². The molecule has 0 atom stereocenters. The first-order valence-electron chi connectivity index (χ1n) is 9.04. The Hall–Kier alpha value is -3.55. The van der Waals surface area contributed by atoms with E-state index in [4.69, 9.17) is 0 Å². The zero-order chi connectivity index (χ0) is 19.7. The molecular weight excluding hydrogens is 360 g/mol. The number of hydrogen-bond donors (Lipinski definition) is 0. The number of hydrogen-bond acceptors (Lipinski definition) is 5. The van der Waals surface area contributed by atoms with E-state index in [1.165, 1.54) is 17.1 Å². The van der Waals surface area contributed by atoms with Gasteiger partial charge in [-0.05, 0) is 23.6 Å². The minimum absolute atomic E-state index is 0.0164. The fourth-order valence-corrected chi connectivity index (χ4v) is 3.50. The summed E-state index contributed by atoms with van der Waals surface area (Å²) in [5.41, 5.74) is 2.73. The molecule has 2 heterocycles. The predicted molar refractivity (Wildman–Crippen MR) is 103 cm³/mol. The second-order valence-electron chi connectivity index (χ2n) is 6.76. The van der Waals surface area contributed by atoms with Crippen molar-refractivity contribution in [1.29, 1.82) is 0 Å². The van der Waals surface area contributed by atoms with E-state index < -0.39 is 4.92 Å². The first kappa shape index (κ1) is 17.8. The highest BCUT2D eigenvalue weighted by molar-refractivity contribution is 6.44. The normalized spacial score (nSPS) is 16.0. The molecule has 0 unspecified atom stereocenters. The summed E-state index contributed by atoms with van der Waals surface area (Å²) in [4.78, 5) is 37.3. The zero-order valence-electron chi connectivity index (χ0n) is 15.1. The third-order valence-corrected chi connectivity index (χ3v) is 4.94. The molecule has 0 aliphatic carbocycles. The fourth-order valence-electron chi connectivity index (χ4n) is 3.50. The Morgan fingerprint density at radius 1 is 1.11 bits per heavy atom. The Morgan fingerprint density at radius 2 is 1.89 bits per heavy atom. The summed E-state index contributed by atoms with van der Waals surface area (Å²) in [6.07, 6.45) is 1.09. The molecule has 142 valence electrons. The molecule has 0 spiro atoms. The molecule has 0 bridgehead atoms. The molecule has 0 saturated heterocycles. The number of anilines is 1. The number of carbonyl (C=O) groups is 2. The maximum Gasteiger partial charge on any atom is 0.274 e. The number of amides is 2. The van der Waals surface area contributed by atoms with E-state index in [9.17, 15) is 19.7 Å². The van der Waals surface area contributed by atoms with E-state index in [0.29, 0.717) is 37.3 Å². The first-order chi connectivity index (χ1) is 13.5. The van der Waals surface area contributed by atoms with E-state index >= 15 is 0 Å². The largest absolute Gasteiger partial charge is 0.307 e. The van der Waals surface area contributed by atoms with Crippen molar-refractivity contribution in [3.63, 3.8) is 0 Å². The second kappa shape index (κ2) is 7.22. The van der Waals surface area contributed by atoms with Crippen LogP contribution in [0.4, 0.5) is 11.4 Å². The van der Waals surface area contributed by atoms with Crippen LogP contribution in [0.3, 0.4) is 0 Å². The van der Waals surface area contributed by atoms with E-state index in [1.54, 1.807) is 11.0 Å². The third kappa shape index (κ3) is 3.36. The van der Waals surface area contributed by atoms with E-state index in [2.05, 4.69) is 5.10 Å². The van der Waals surface area contributed by atoms with E-state index in [0.717, 1.165) is 11.1 Å². The molecule has 28 heavy (non-hydrogen) atoms. The lowest BCUT2D eigenvalue weighted by Gasteiger charge is -2.25.